The molecule has 0 amide bonds. The molecule has 1 aromatic rings. The van der Waals surface area contributed by atoms with Gasteiger partial charge in [-0.05, 0) is 30.0 Å². The van der Waals surface area contributed by atoms with E-state index >= 15 is 0 Å². The summed E-state index contributed by atoms with van der Waals surface area (Å²) >= 11 is 0. The van der Waals surface area contributed by atoms with Gasteiger partial charge in [-0.2, -0.15) is 0 Å². The Morgan fingerprint density at radius 3 is 2.58 bits per heavy atom. The quantitative estimate of drug-likeness (QED) is 0.835. The highest BCUT2D eigenvalue weighted by molar-refractivity contribution is 5.85. The van der Waals surface area contributed by atoms with Crippen molar-refractivity contribution in [2.24, 2.45) is 0 Å². The molecule has 1 aliphatic heterocycles. The molecule has 1 heterocycles. The van der Waals surface area contributed by atoms with Gasteiger partial charge in [0.25, 0.3) is 0 Å². The molecule has 0 radical (unpaired) electrons. The third-order valence-electron chi connectivity index (χ3n) is 3.16. The molecule has 0 spiro atoms. The van der Waals surface area contributed by atoms with Crippen molar-refractivity contribution in [2.45, 2.75) is 18.4 Å². The van der Waals surface area contributed by atoms with Crippen LogP contribution in [0.4, 0.5) is 4.79 Å². The molecule has 2 unspecified atom stereocenters. The van der Waals surface area contributed by atoms with E-state index in [4.69, 9.17) is 14.6 Å². The van der Waals surface area contributed by atoms with Crippen molar-refractivity contribution >= 4 is 18.6 Å². The van der Waals surface area contributed by atoms with Crippen molar-refractivity contribution in [1.82, 2.24) is 5.32 Å². The van der Waals surface area contributed by atoms with Crippen molar-refractivity contribution in [3.63, 3.8) is 0 Å². The van der Waals surface area contributed by atoms with Gasteiger partial charge in [-0.15, -0.1) is 12.4 Å². The van der Waals surface area contributed by atoms with Crippen molar-refractivity contribution in [3.05, 3.63) is 29.8 Å². The zero-order valence-corrected chi connectivity index (χ0v) is 11.5. The van der Waals surface area contributed by atoms with Crippen LogP contribution in [0.15, 0.2) is 24.3 Å². The Morgan fingerprint density at radius 1 is 1.32 bits per heavy atom. The van der Waals surface area contributed by atoms with Gasteiger partial charge in [0.1, 0.15) is 11.9 Å². The minimum atomic E-state index is -1.21. The average Bonchev–Trinajstić information content (AvgIpc) is 2.38. The molecule has 1 fully saturated rings. The number of hydrogen-bond acceptors (Lipinski definition) is 4. The van der Waals surface area contributed by atoms with Crippen LogP contribution >= 0.6 is 12.4 Å². The molecule has 2 N–H and O–H groups in total. The molecule has 19 heavy (non-hydrogen) atoms. The number of ether oxygens (including phenoxy) is 2. The van der Waals surface area contributed by atoms with Gasteiger partial charge >= 0.3 is 6.16 Å². The van der Waals surface area contributed by atoms with Gasteiger partial charge in [0, 0.05) is 13.1 Å². The SMILES string of the molecule is COc1ccc(C2CNCC(OC(=O)O)C2)cc1.Cl. The molecule has 0 bridgehead atoms. The maximum atomic E-state index is 10.5. The Kier molecular flexibility index (Phi) is 5.92. The first-order valence-electron chi connectivity index (χ1n) is 5.93. The van der Waals surface area contributed by atoms with Crippen LogP contribution in [0.2, 0.25) is 0 Å². The molecule has 106 valence electrons. The van der Waals surface area contributed by atoms with Crippen molar-refractivity contribution in [2.75, 3.05) is 20.2 Å². The fourth-order valence-corrected chi connectivity index (χ4v) is 2.26. The number of hydrogen-bond donors (Lipinski definition) is 2. The Balaban J connectivity index is 0.00000180. The minimum Gasteiger partial charge on any atom is -0.497 e. The summed E-state index contributed by atoms with van der Waals surface area (Å²) < 4.78 is 9.93. The number of halogens is 1. The molecular weight excluding hydrogens is 270 g/mol. The van der Waals surface area contributed by atoms with Gasteiger partial charge in [0.15, 0.2) is 0 Å². The van der Waals surface area contributed by atoms with Gasteiger partial charge in [-0.25, -0.2) is 4.79 Å². The number of piperidine rings is 1. The van der Waals surface area contributed by atoms with E-state index in [1.165, 1.54) is 5.56 Å². The smallest absolute Gasteiger partial charge is 0.497 e. The van der Waals surface area contributed by atoms with Gasteiger partial charge in [0.2, 0.25) is 0 Å². The summed E-state index contributed by atoms with van der Waals surface area (Å²) in [5, 5.41) is 11.8. The third-order valence-corrected chi connectivity index (χ3v) is 3.16. The lowest BCUT2D eigenvalue weighted by Gasteiger charge is -2.29. The fraction of sp³-hybridized carbons (Fsp3) is 0.462. The van der Waals surface area contributed by atoms with E-state index in [9.17, 15) is 4.79 Å². The maximum absolute atomic E-state index is 10.5. The second-order valence-corrected chi connectivity index (χ2v) is 4.37. The molecule has 6 heteroatoms. The number of rotatable bonds is 3. The van der Waals surface area contributed by atoms with Crippen molar-refractivity contribution < 1.29 is 19.4 Å². The Bertz CT molecular complexity index is 410. The topological polar surface area (TPSA) is 67.8 Å². The molecule has 1 aromatic carbocycles. The normalized spacial score (nSPS) is 22.2. The number of nitrogens with one attached hydrogen (secondary N) is 1. The summed E-state index contributed by atoms with van der Waals surface area (Å²) in [6, 6.07) is 7.84. The molecular formula is C13H18ClNO4. The summed E-state index contributed by atoms with van der Waals surface area (Å²) in [4.78, 5) is 10.5. The van der Waals surface area contributed by atoms with E-state index in [2.05, 4.69) is 5.32 Å². The zero-order chi connectivity index (χ0) is 13.0. The number of carbonyl (C=O) groups is 1. The van der Waals surface area contributed by atoms with Crippen LogP contribution in [-0.4, -0.2) is 37.6 Å². The van der Waals surface area contributed by atoms with Crippen LogP contribution in [0.3, 0.4) is 0 Å². The summed E-state index contributed by atoms with van der Waals surface area (Å²) in [6.45, 7) is 1.42. The molecule has 0 aromatic heterocycles. The van der Waals surface area contributed by atoms with Crippen LogP contribution in [0, 0.1) is 0 Å². The van der Waals surface area contributed by atoms with Crippen LogP contribution < -0.4 is 10.1 Å². The van der Waals surface area contributed by atoms with E-state index in [1.807, 2.05) is 24.3 Å². The molecule has 1 aliphatic rings. The van der Waals surface area contributed by atoms with E-state index in [0.717, 1.165) is 12.3 Å². The number of benzene rings is 1. The Labute approximate surface area is 118 Å². The Hall–Kier alpha value is -1.46. The van der Waals surface area contributed by atoms with E-state index in [0.29, 0.717) is 13.0 Å². The molecule has 0 aliphatic carbocycles. The lowest BCUT2D eigenvalue weighted by molar-refractivity contribution is 0.0379. The first-order chi connectivity index (χ1) is 8.69. The van der Waals surface area contributed by atoms with Gasteiger partial charge < -0.3 is 19.9 Å². The van der Waals surface area contributed by atoms with Crippen LogP contribution in [0.5, 0.6) is 5.75 Å². The van der Waals surface area contributed by atoms with Crippen LogP contribution in [-0.2, 0) is 4.74 Å². The average molecular weight is 288 g/mol. The molecule has 2 rings (SSSR count). The third kappa shape index (κ3) is 4.29. The van der Waals surface area contributed by atoms with Crippen LogP contribution in [0.25, 0.3) is 0 Å². The number of methoxy groups -OCH3 is 1. The highest BCUT2D eigenvalue weighted by atomic mass is 35.5. The van der Waals surface area contributed by atoms with E-state index in [1.54, 1.807) is 7.11 Å². The molecule has 1 saturated heterocycles. The molecule has 0 saturated carbocycles. The summed E-state index contributed by atoms with van der Waals surface area (Å²) in [6.07, 6.45) is -0.772. The van der Waals surface area contributed by atoms with E-state index < -0.39 is 6.16 Å². The predicted molar refractivity (Wildman–Crippen MR) is 73.4 cm³/mol. The first kappa shape index (κ1) is 15.6. The molecule has 2 atom stereocenters. The monoisotopic (exact) mass is 287 g/mol. The van der Waals surface area contributed by atoms with Crippen molar-refractivity contribution in [1.29, 1.82) is 0 Å². The fourth-order valence-electron chi connectivity index (χ4n) is 2.26. The van der Waals surface area contributed by atoms with Gasteiger partial charge in [-0.3, -0.25) is 0 Å². The summed E-state index contributed by atoms with van der Waals surface area (Å²) in [5.74, 6) is 1.09. The largest absolute Gasteiger partial charge is 0.506 e. The van der Waals surface area contributed by atoms with E-state index in [-0.39, 0.29) is 24.4 Å². The Morgan fingerprint density at radius 2 is 2.00 bits per heavy atom. The van der Waals surface area contributed by atoms with Gasteiger partial charge in [0.05, 0.1) is 7.11 Å². The van der Waals surface area contributed by atoms with Gasteiger partial charge in [-0.1, -0.05) is 12.1 Å². The summed E-state index contributed by atoms with van der Waals surface area (Å²) in [5.41, 5.74) is 1.17. The number of carboxylic acid groups (broad SMARTS) is 1. The standard InChI is InChI=1S/C13H17NO4.ClH/c1-17-11-4-2-9(3-5-11)10-6-12(8-14-7-10)18-13(15)16;/h2-5,10,12,14H,6-8H2,1H3,(H,15,16);1H. The lowest BCUT2D eigenvalue weighted by Crippen LogP contribution is -2.40. The highest BCUT2D eigenvalue weighted by Crippen LogP contribution is 2.26. The first-order valence-corrected chi connectivity index (χ1v) is 5.93. The highest BCUT2D eigenvalue weighted by Gasteiger charge is 2.25. The van der Waals surface area contributed by atoms with Crippen LogP contribution in [0.1, 0.15) is 17.9 Å². The second kappa shape index (κ2) is 7.21. The zero-order valence-electron chi connectivity index (χ0n) is 10.7. The predicted octanol–water partition coefficient (Wildman–Crippen LogP) is 2.26. The van der Waals surface area contributed by atoms with Crippen molar-refractivity contribution in [3.8, 4) is 5.75 Å². The summed E-state index contributed by atoms with van der Waals surface area (Å²) in [7, 11) is 1.63. The lowest BCUT2D eigenvalue weighted by atomic mass is 9.90. The minimum absolute atomic E-state index is 0. The molecule has 5 nitrogen and oxygen atoms in total. The second-order valence-electron chi connectivity index (χ2n) is 4.37. The maximum Gasteiger partial charge on any atom is 0.506 e.